The number of aromatic nitrogens is 1. The summed E-state index contributed by atoms with van der Waals surface area (Å²) in [6, 6.07) is 0. The zero-order valence-electron chi connectivity index (χ0n) is 6.33. The molecule has 0 aliphatic carbocycles. The molecule has 0 aliphatic rings. The van der Waals surface area contributed by atoms with Crippen LogP contribution in [0.1, 0.15) is 5.69 Å². The van der Waals surface area contributed by atoms with Crippen molar-refractivity contribution in [2.75, 3.05) is 12.8 Å². The van der Waals surface area contributed by atoms with E-state index in [0.717, 1.165) is 0 Å². The third kappa shape index (κ3) is 1.59. The smallest absolute Gasteiger partial charge is 0.358 e. The average molecular weight is 185 g/mol. The molecule has 3 N–H and O–H groups in total. The van der Waals surface area contributed by atoms with E-state index < -0.39 is 5.97 Å². The van der Waals surface area contributed by atoms with E-state index in [1.54, 1.807) is 0 Å². The van der Waals surface area contributed by atoms with Gasteiger partial charge in [0, 0.05) is 5.38 Å². The summed E-state index contributed by atoms with van der Waals surface area (Å²) in [6.45, 7) is 0. The summed E-state index contributed by atoms with van der Waals surface area (Å²) < 4.78 is 4.34. The normalized spacial score (nSPS) is 9.42. The summed E-state index contributed by atoms with van der Waals surface area (Å²) in [5, 5.41) is 9.13. The minimum absolute atomic E-state index is 0.254. The van der Waals surface area contributed by atoms with Crippen LogP contribution in [0.25, 0.3) is 0 Å². The van der Waals surface area contributed by atoms with Crippen molar-refractivity contribution in [2.45, 2.75) is 0 Å². The molecule has 0 fully saturated rings. The highest BCUT2D eigenvalue weighted by Crippen LogP contribution is 2.11. The second kappa shape index (κ2) is 3.31. The van der Waals surface area contributed by atoms with Crippen LogP contribution in [0.15, 0.2) is 5.38 Å². The first kappa shape index (κ1) is 8.66. The van der Waals surface area contributed by atoms with E-state index in [4.69, 9.17) is 11.1 Å². The minimum atomic E-state index is -0.708. The zero-order chi connectivity index (χ0) is 9.14. The summed E-state index contributed by atoms with van der Waals surface area (Å²) in [5.41, 5.74) is 5.30. The van der Waals surface area contributed by atoms with Crippen LogP contribution in [0.3, 0.4) is 0 Å². The fraction of sp³-hybridized carbons (Fsp3) is 0.167. The number of thiazole rings is 1. The molecule has 0 bridgehead atoms. The Hall–Kier alpha value is -1.43. The molecule has 1 aromatic rings. The lowest BCUT2D eigenvalue weighted by Crippen LogP contribution is -2.16. The molecule has 6 heteroatoms. The number of nitrogens with zero attached hydrogens (tertiary/aromatic N) is 1. The number of esters is 1. The van der Waals surface area contributed by atoms with Crippen LogP contribution in [-0.4, -0.2) is 23.8 Å². The van der Waals surface area contributed by atoms with Crippen molar-refractivity contribution >= 4 is 28.1 Å². The highest BCUT2D eigenvalue weighted by Gasteiger charge is 2.14. The van der Waals surface area contributed by atoms with Crippen molar-refractivity contribution in [1.82, 2.24) is 4.98 Å². The molecule has 12 heavy (non-hydrogen) atoms. The van der Waals surface area contributed by atoms with E-state index in [1.165, 1.54) is 23.8 Å². The number of carbonyl (C=O) groups excluding carboxylic acids is 1. The van der Waals surface area contributed by atoms with Crippen molar-refractivity contribution in [3.8, 4) is 0 Å². The molecule has 0 aliphatic heterocycles. The molecule has 0 saturated carbocycles. The first-order valence-corrected chi connectivity index (χ1v) is 3.91. The predicted octanol–water partition coefficient (Wildman–Crippen LogP) is 0.266. The zero-order valence-corrected chi connectivity index (χ0v) is 7.14. The Labute approximate surface area is 72.7 Å². The Kier molecular flexibility index (Phi) is 2.39. The van der Waals surface area contributed by atoms with Gasteiger partial charge in [-0.15, -0.1) is 11.3 Å². The second-order valence-electron chi connectivity index (χ2n) is 1.94. The van der Waals surface area contributed by atoms with Crippen molar-refractivity contribution in [3.05, 3.63) is 11.1 Å². The van der Waals surface area contributed by atoms with E-state index in [-0.39, 0.29) is 11.4 Å². The SMILES string of the molecule is COC(=O)C(=N)c1csc(N)n1. The summed E-state index contributed by atoms with van der Waals surface area (Å²) in [6.07, 6.45) is 0. The summed E-state index contributed by atoms with van der Waals surface area (Å²) >= 11 is 1.18. The van der Waals surface area contributed by atoms with Gasteiger partial charge in [-0.25, -0.2) is 9.78 Å². The predicted molar refractivity (Wildman–Crippen MR) is 45.4 cm³/mol. The number of nitrogens with two attached hydrogens (primary N) is 1. The second-order valence-corrected chi connectivity index (χ2v) is 2.83. The lowest BCUT2D eigenvalue weighted by Gasteiger charge is -1.95. The molecule has 1 heterocycles. The average Bonchev–Trinajstić information content (AvgIpc) is 2.49. The first-order valence-electron chi connectivity index (χ1n) is 3.03. The summed E-state index contributed by atoms with van der Waals surface area (Å²) in [7, 11) is 1.21. The van der Waals surface area contributed by atoms with Gasteiger partial charge in [0.05, 0.1) is 7.11 Å². The maximum atomic E-state index is 10.8. The van der Waals surface area contributed by atoms with E-state index >= 15 is 0 Å². The van der Waals surface area contributed by atoms with Gasteiger partial charge < -0.3 is 10.5 Å². The fourth-order valence-electron chi connectivity index (χ4n) is 0.609. The van der Waals surface area contributed by atoms with E-state index in [0.29, 0.717) is 5.13 Å². The van der Waals surface area contributed by atoms with Gasteiger partial charge >= 0.3 is 5.97 Å². The van der Waals surface area contributed by atoms with Gasteiger partial charge in [-0.1, -0.05) is 0 Å². The fourth-order valence-corrected chi connectivity index (χ4v) is 1.16. The molecule has 64 valence electrons. The highest BCUT2D eigenvalue weighted by atomic mass is 32.1. The molecule has 1 aromatic heterocycles. The van der Waals surface area contributed by atoms with E-state index in [9.17, 15) is 4.79 Å². The Morgan fingerprint density at radius 1 is 1.83 bits per heavy atom. The molecular weight excluding hydrogens is 178 g/mol. The summed E-state index contributed by atoms with van der Waals surface area (Å²) in [4.78, 5) is 14.5. The first-order chi connectivity index (χ1) is 5.65. The molecule has 0 unspecified atom stereocenters. The number of carbonyl (C=O) groups is 1. The molecule has 0 atom stereocenters. The third-order valence-electron chi connectivity index (χ3n) is 1.17. The number of anilines is 1. The molecule has 0 amide bonds. The van der Waals surface area contributed by atoms with Crippen LogP contribution in [0.4, 0.5) is 5.13 Å². The van der Waals surface area contributed by atoms with Crippen LogP contribution >= 0.6 is 11.3 Å². The third-order valence-corrected chi connectivity index (χ3v) is 1.84. The van der Waals surface area contributed by atoms with Crippen molar-refractivity contribution < 1.29 is 9.53 Å². The van der Waals surface area contributed by atoms with Gasteiger partial charge in [0.1, 0.15) is 5.69 Å². The minimum Gasteiger partial charge on any atom is -0.464 e. The van der Waals surface area contributed by atoms with Crippen molar-refractivity contribution in [3.63, 3.8) is 0 Å². The van der Waals surface area contributed by atoms with Crippen molar-refractivity contribution in [2.24, 2.45) is 0 Å². The van der Waals surface area contributed by atoms with Crippen LogP contribution in [0.2, 0.25) is 0 Å². The van der Waals surface area contributed by atoms with Crippen LogP contribution < -0.4 is 5.73 Å². The van der Waals surface area contributed by atoms with E-state index in [2.05, 4.69) is 9.72 Å². The number of nitrogen functional groups attached to an aromatic ring is 1. The van der Waals surface area contributed by atoms with Gasteiger partial charge in [-0.3, -0.25) is 5.41 Å². The summed E-state index contributed by atoms with van der Waals surface area (Å²) in [5.74, 6) is -0.708. The van der Waals surface area contributed by atoms with Gasteiger partial charge in [0.2, 0.25) is 0 Å². The number of nitrogens with one attached hydrogen (secondary N) is 1. The van der Waals surface area contributed by atoms with Crippen molar-refractivity contribution in [1.29, 1.82) is 5.41 Å². The Balaban J connectivity index is 2.85. The number of rotatable bonds is 2. The molecule has 1 rings (SSSR count). The number of ether oxygens (including phenoxy) is 1. The van der Waals surface area contributed by atoms with Gasteiger partial charge in [-0.05, 0) is 0 Å². The van der Waals surface area contributed by atoms with Gasteiger partial charge in [0.15, 0.2) is 10.8 Å². The molecular formula is C6H7N3O2S. The maximum Gasteiger partial charge on any atom is 0.358 e. The van der Waals surface area contributed by atoms with E-state index in [1.807, 2.05) is 0 Å². The Morgan fingerprint density at radius 3 is 2.92 bits per heavy atom. The number of hydrogen-bond acceptors (Lipinski definition) is 6. The Morgan fingerprint density at radius 2 is 2.50 bits per heavy atom. The largest absolute Gasteiger partial charge is 0.464 e. The van der Waals surface area contributed by atoms with Gasteiger partial charge in [-0.2, -0.15) is 0 Å². The lowest BCUT2D eigenvalue weighted by molar-refractivity contribution is -0.132. The quantitative estimate of drug-likeness (QED) is 0.511. The molecule has 0 radical (unpaired) electrons. The molecule has 0 saturated heterocycles. The number of hydrogen-bond donors (Lipinski definition) is 2. The Bertz CT molecular complexity index is 320. The lowest BCUT2D eigenvalue weighted by atomic mass is 10.3. The van der Waals surface area contributed by atoms with Gasteiger partial charge in [0.25, 0.3) is 0 Å². The molecule has 5 nitrogen and oxygen atoms in total. The maximum absolute atomic E-state index is 10.8. The molecule has 0 spiro atoms. The van der Waals surface area contributed by atoms with Crippen LogP contribution in [-0.2, 0) is 9.53 Å². The van der Waals surface area contributed by atoms with Crippen LogP contribution in [0, 0.1) is 5.41 Å². The topological polar surface area (TPSA) is 89.1 Å². The van der Waals surface area contributed by atoms with Crippen LogP contribution in [0.5, 0.6) is 0 Å². The highest BCUT2D eigenvalue weighted by molar-refractivity contribution is 7.13. The monoisotopic (exact) mass is 185 g/mol. The standard InChI is InChI=1S/C6H7N3O2S/c1-11-5(10)4(7)3-2-12-6(8)9-3/h2,7H,1H3,(H2,8,9). The number of methoxy groups -OCH3 is 1. The molecule has 0 aromatic carbocycles.